The Morgan fingerprint density at radius 3 is 2.32 bits per heavy atom. The van der Waals surface area contributed by atoms with E-state index >= 15 is 0 Å². The number of ether oxygens (including phenoxy) is 2. The monoisotopic (exact) mass is 257 g/mol. The number of hydrogen-bond acceptors (Lipinski definition) is 3. The minimum atomic E-state index is 0.563. The van der Waals surface area contributed by atoms with Crippen molar-refractivity contribution in [1.82, 2.24) is 5.32 Å². The first-order valence-corrected chi connectivity index (χ1v) is 6.31. The molecule has 19 heavy (non-hydrogen) atoms. The molecule has 0 fully saturated rings. The fourth-order valence-corrected chi connectivity index (χ4v) is 1.82. The summed E-state index contributed by atoms with van der Waals surface area (Å²) in [5, 5.41) is 3.13. The molecule has 2 rings (SSSR count). The predicted octanol–water partition coefficient (Wildman–Crippen LogP) is 2.99. The number of methoxy groups -OCH3 is 1. The van der Waals surface area contributed by atoms with Crippen LogP contribution in [-0.2, 0) is 13.2 Å². The molecule has 0 atom stereocenters. The molecule has 3 nitrogen and oxygen atoms in total. The van der Waals surface area contributed by atoms with Gasteiger partial charge in [0.05, 0.1) is 7.11 Å². The third-order valence-electron chi connectivity index (χ3n) is 2.85. The first-order chi connectivity index (χ1) is 9.31. The van der Waals surface area contributed by atoms with Crippen LogP contribution in [0.2, 0.25) is 0 Å². The van der Waals surface area contributed by atoms with Crippen LogP contribution in [0.5, 0.6) is 11.5 Å². The summed E-state index contributed by atoms with van der Waals surface area (Å²) in [5.74, 6) is 1.63. The Kier molecular flexibility index (Phi) is 4.81. The Balaban J connectivity index is 1.94. The lowest BCUT2D eigenvalue weighted by atomic mass is 10.1. The summed E-state index contributed by atoms with van der Waals surface area (Å²) in [6.07, 6.45) is 0. The van der Waals surface area contributed by atoms with E-state index in [2.05, 4.69) is 29.6 Å². The number of nitrogens with one attached hydrogen (secondary N) is 1. The molecule has 0 aliphatic rings. The van der Waals surface area contributed by atoms with Crippen molar-refractivity contribution in [2.45, 2.75) is 13.2 Å². The molecule has 0 aliphatic heterocycles. The molecule has 2 aromatic rings. The van der Waals surface area contributed by atoms with Gasteiger partial charge < -0.3 is 14.8 Å². The minimum Gasteiger partial charge on any atom is -0.497 e. The second-order valence-electron chi connectivity index (χ2n) is 4.31. The molecule has 0 saturated carbocycles. The van der Waals surface area contributed by atoms with Gasteiger partial charge in [0.2, 0.25) is 0 Å². The van der Waals surface area contributed by atoms with Gasteiger partial charge in [0.1, 0.15) is 18.1 Å². The molecule has 0 radical (unpaired) electrons. The van der Waals surface area contributed by atoms with Gasteiger partial charge in [0.15, 0.2) is 0 Å². The van der Waals surface area contributed by atoms with E-state index in [-0.39, 0.29) is 0 Å². The van der Waals surface area contributed by atoms with Crippen LogP contribution in [0, 0.1) is 0 Å². The third-order valence-corrected chi connectivity index (χ3v) is 2.85. The van der Waals surface area contributed by atoms with Crippen molar-refractivity contribution in [2.24, 2.45) is 0 Å². The van der Waals surface area contributed by atoms with E-state index in [0.29, 0.717) is 6.61 Å². The van der Waals surface area contributed by atoms with Gasteiger partial charge in [-0.15, -0.1) is 0 Å². The molecule has 0 amide bonds. The lowest BCUT2D eigenvalue weighted by Crippen LogP contribution is -2.05. The van der Waals surface area contributed by atoms with Crippen LogP contribution in [0.4, 0.5) is 0 Å². The summed E-state index contributed by atoms with van der Waals surface area (Å²) in [6, 6.07) is 16.0. The average Bonchev–Trinajstić information content (AvgIpc) is 2.47. The Hall–Kier alpha value is -2.00. The van der Waals surface area contributed by atoms with Gasteiger partial charge in [-0.25, -0.2) is 0 Å². The molecule has 1 N–H and O–H groups in total. The van der Waals surface area contributed by atoms with Crippen LogP contribution in [0.1, 0.15) is 11.1 Å². The van der Waals surface area contributed by atoms with E-state index < -0.39 is 0 Å². The smallest absolute Gasteiger partial charge is 0.123 e. The molecule has 0 unspecified atom stereocenters. The second-order valence-corrected chi connectivity index (χ2v) is 4.31. The topological polar surface area (TPSA) is 30.5 Å². The molecular formula is C16H19NO2. The first-order valence-electron chi connectivity index (χ1n) is 6.31. The zero-order valence-electron chi connectivity index (χ0n) is 11.3. The highest BCUT2D eigenvalue weighted by Crippen LogP contribution is 2.20. The van der Waals surface area contributed by atoms with E-state index in [4.69, 9.17) is 9.47 Å². The highest BCUT2D eigenvalue weighted by molar-refractivity contribution is 5.33. The Morgan fingerprint density at radius 1 is 0.947 bits per heavy atom. The van der Waals surface area contributed by atoms with E-state index in [0.717, 1.165) is 23.6 Å². The van der Waals surface area contributed by atoms with Crippen molar-refractivity contribution in [3.63, 3.8) is 0 Å². The van der Waals surface area contributed by atoms with Crippen LogP contribution in [0.25, 0.3) is 0 Å². The highest BCUT2D eigenvalue weighted by Gasteiger charge is 1.98. The molecule has 0 aromatic heterocycles. The molecule has 0 aliphatic carbocycles. The van der Waals surface area contributed by atoms with Crippen molar-refractivity contribution < 1.29 is 9.47 Å². The minimum absolute atomic E-state index is 0.563. The van der Waals surface area contributed by atoms with E-state index in [1.807, 2.05) is 31.3 Å². The van der Waals surface area contributed by atoms with Gasteiger partial charge in [-0.3, -0.25) is 0 Å². The van der Waals surface area contributed by atoms with E-state index in [1.165, 1.54) is 5.56 Å². The maximum Gasteiger partial charge on any atom is 0.123 e. The first kappa shape index (κ1) is 13.4. The molecule has 0 heterocycles. The standard InChI is InChI=1S/C16H19NO2/c1-17-11-13-6-8-14(9-7-13)12-19-16-5-3-4-15(10-16)18-2/h3-10,17H,11-12H2,1-2H3. The normalized spacial score (nSPS) is 10.2. The van der Waals surface area contributed by atoms with Gasteiger partial charge in [0, 0.05) is 12.6 Å². The SMILES string of the molecule is CNCc1ccc(COc2cccc(OC)c2)cc1. The van der Waals surface area contributed by atoms with Gasteiger partial charge in [-0.2, -0.15) is 0 Å². The number of rotatable bonds is 6. The quantitative estimate of drug-likeness (QED) is 0.863. The lowest BCUT2D eigenvalue weighted by Gasteiger charge is -2.08. The molecule has 100 valence electrons. The summed E-state index contributed by atoms with van der Waals surface area (Å²) in [6.45, 7) is 1.45. The number of benzene rings is 2. The van der Waals surface area contributed by atoms with Crippen molar-refractivity contribution in [3.05, 3.63) is 59.7 Å². The van der Waals surface area contributed by atoms with Gasteiger partial charge in [-0.05, 0) is 30.3 Å². The van der Waals surface area contributed by atoms with Crippen LogP contribution >= 0.6 is 0 Å². The third kappa shape index (κ3) is 4.00. The summed E-state index contributed by atoms with van der Waals surface area (Å²) in [7, 11) is 3.60. The lowest BCUT2D eigenvalue weighted by molar-refractivity contribution is 0.303. The Bertz CT molecular complexity index is 508. The zero-order valence-corrected chi connectivity index (χ0v) is 11.3. The maximum absolute atomic E-state index is 5.74. The Labute approximate surface area is 114 Å². The van der Waals surface area contributed by atoms with Crippen molar-refractivity contribution in [3.8, 4) is 11.5 Å². The van der Waals surface area contributed by atoms with Gasteiger partial charge in [0.25, 0.3) is 0 Å². The molecule has 0 saturated heterocycles. The second kappa shape index (κ2) is 6.81. The van der Waals surface area contributed by atoms with Gasteiger partial charge >= 0.3 is 0 Å². The van der Waals surface area contributed by atoms with Crippen LogP contribution < -0.4 is 14.8 Å². The number of hydrogen-bond donors (Lipinski definition) is 1. The summed E-state index contributed by atoms with van der Waals surface area (Å²) in [5.41, 5.74) is 2.43. The molecule has 2 aromatic carbocycles. The van der Waals surface area contributed by atoms with Crippen molar-refractivity contribution in [1.29, 1.82) is 0 Å². The molecule has 3 heteroatoms. The highest BCUT2D eigenvalue weighted by atomic mass is 16.5. The van der Waals surface area contributed by atoms with Gasteiger partial charge in [-0.1, -0.05) is 30.3 Å². The van der Waals surface area contributed by atoms with Crippen LogP contribution in [0.3, 0.4) is 0 Å². The average molecular weight is 257 g/mol. The van der Waals surface area contributed by atoms with E-state index in [9.17, 15) is 0 Å². The maximum atomic E-state index is 5.74. The van der Waals surface area contributed by atoms with Crippen LogP contribution in [-0.4, -0.2) is 14.2 Å². The zero-order chi connectivity index (χ0) is 13.5. The fraction of sp³-hybridized carbons (Fsp3) is 0.250. The molecule has 0 spiro atoms. The Morgan fingerprint density at radius 2 is 1.63 bits per heavy atom. The van der Waals surface area contributed by atoms with Crippen LogP contribution in [0.15, 0.2) is 48.5 Å². The summed E-state index contributed by atoms with van der Waals surface area (Å²) < 4.78 is 10.9. The predicted molar refractivity (Wildman–Crippen MR) is 76.5 cm³/mol. The summed E-state index contributed by atoms with van der Waals surface area (Å²) in [4.78, 5) is 0. The van der Waals surface area contributed by atoms with Crippen molar-refractivity contribution in [2.75, 3.05) is 14.2 Å². The largest absolute Gasteiger partial charge is 0.497 e. The van der Waals surface area contributed by atoms with Crippen molar-refractivity contribution >= 4 is 0 Å². The fourth-order valence-electron chi connectivity index (χ4n) is 1.82. The van der Waals surface area contributed by atoms with E-state index in [1.54, 1.807) is 7.11 Å². The molecule has 0 bridgehead atoms. The molecular weight excluding hydrogens is 238 g/mol. The summed E-state index contributed by atoms with van der Waals surface area (Å²) >= 11 is 0.